The van der Waals surface area contributed by atoms with Gasteiger partial charge in [-0.3, -0.25) is 14.3 Å². The van der Waals surface area contributed by atoms with Crippen LogP contribution in [0.1, 0.15) is 18.1 Å². The Kier molecular flexibility index (Phi) is 7.57. The maximum Gasteiger partial charge on any atom is 0.234 e. The molecule has 0 spiro atoms. The van der Waals surface area contributed by atoms with E-state index in [4.69, 9.17) is 0 Å². The number of hydrogen-bond donors (Lipinski definition) is 1. The van der Waals surface area contributed by atoms with Gasteiger partial charge in [0.05, 0.1) is 5.75 Å². The van der Waals surface area contributed by atoms with Crippen LogP contribution in [0.5, 0.6) is 0 Å². The minimum Gasteiger partial charge on any atom is -0.325 e. The van der Waals surface area contributed by atoms with Crippen LogP contribution >= 0.6 is 11.8 Å². The van der Waals surface area contributed by atoms with Gasteiger partial charge in [-0.15, -0.1) is 10.2 Å². The van der Waals surface area contributed by atoms with Crippen molar-refractivity contribution in [1.82, 2.24) is 24.6 Å². The highest BCUT2D eigenvalue weighted by Gasteiger charge is 2.15. The van der Waals surface area contributed by atoms with Gasteiger partial charge in [-0.2, -0.15) is 0 Å². The summed E-state index contributed by atoms with van der Waals surface area (Å²) in [4.78, 5) is 17.4. The molecule has 0 atom stereocenters. The smallest absolute Gasteiger partial charge is 0.234 e. The molecule has 32 heavy (non-hydrogen) atoms. The van der Waals surface area contributed by atoms with Crippen molar-refractivity contribution in [2.24, 2.45) is 0 Å². The molecule has 0 radical (unpaired) electrons. The standard InChI is InChI=1S/C24H30N6OS/c1-3-28-12-14-29(15-13-28)16-20-6-8-21(9-7-20)26-23(31)17-32-24-27-25-18-30(24)22-10-4-19(2)5-11-22/h4-11,18H,3,12-17H2,1-2H3,(H,26,31). The third kappa shape index (κ3) is 5.97. The number of aryl methyl sites for hydroxylation is 1. The van der Waals surface area contributed by atoms with E-state index in [1.54, 1.807) is 6.33 Å². The first-order valence-corrected chi connectivity index (χ1v) is 12.0. The fraction of sp³-hybridized carbons (Fsp3) is 0.375. The molecule has 1 N–H and O–H groups in total. The second-order valence-electron chi connectivity index (χ2n) is 8.06. The Morgan fingerprint density at radius 3 is 2.38 bits per heavy atom. The van der Waals surface area contributed by atoms with E-state index < -0.39 is 0 Å². The second kappa shape index (κ2) is 10.8. The number of nitrogens with one attached hydrogen (secondary N) is 1. The zero-order chi connectivity index (χ0) is 22.3. The minimum absolute atomic E-state index is 0.0584. The van der Waals surface area contributed by atoms with Gasteiger partial charge >= 0.3 is 0 Å². The minimum atomic E-state index is -0.0584. The molecule has 8 heteroatoms. The average Bonchev–Trinajstić information content (AvgIpc) is 3.29. The molecule has 0 unspecified atom stereocenters. The van der Waals surface area contributed by atoms with Crippen LogP contribution in [-0.2, 0) is 11.3 Å². The lowest BCUT2D eigenvalue weighted by atomic mass is 10.1. The quantitative estimate of drug-likeness (QED) is 0.531. The van der Waals surface area contributed by atoms with Crippen LogP contribution in [-0.4, -0.2) is 68.9 Å². The van der Waals surface area contributed by atoms with E-state index in [9.17, 15) is 4.79 Å². The topological polar surface area (TPSA) is 66.3 Å². The average molecular weight is 451 g/mol. The van der Waals surface area contributed by atoms with Gasteiger partial charge in [-0.05, 0) is 43.3 Å². The number of carbonyl (C=O) groups is 1. The molecule has 0 aliphatic carbocycles. The molecular formula is C24H30N6OS. The van der Waals surface area contributed by atoms with E-state index in [1.165, 1.54) is 22.9 Å². The molecule has 1 saturated heterocycles. The summed E-state index contributed by atoms with van der Waals surface area (Å²) in [6.45, 7) is 10.8. The monoisotopic (exact) mass is 450 g/mol. The number of rotatable bonds is 8. The predicted molar refractivity (Wildman–Crippen MR) is 129 cm³/mol. The molecule has 1 amide bonds. The number of anilines is 1. The number of aromatic nitrogens is 3. The second-order valence-corrected chi connectivity index (χ2v) is 9.01. The molecule has 2 heterocycles. The first-order chi connectivity index (χ1) is 15.6. The lowest BCUT2D eigenvalue weighted by Gasteiger charge is -2.34. The van der Waals surface area contributed by atoms with Crippen molar-refractivity contribution in [1.29, 1.82) is 0 Å². The normalized spacial score (nSPS) is 15.1. The van der Waals surface area contributed by atoms with Crippen LogP contribution < -0.4 is 5.32 Å². The summed E-state index contributed by atoms with van der Waals surface area (Å²) >= 11 is 1.38. The molecule has 1 aliphatic heterocycles. The van der Waals surface area contributed by atoms with E-state index in [0.717, 1.165) is 50.6 Å². The van der Waals surface area contributed by atoms with Crippen molar-refractivity contribution >= 4 is 23.4 Å². The van der Waals surface area contributed by atoms with Crippen LogP contribution in [0.15, 0.2) is 60.0 Å². The lowest BCUT2D eigenvalue weighted by Crippen LogP contribution is -2.45. The van der Waals surface area contributed by atoms with Crippen molar-refractivity contribution in [3.05, 3.63) is 66.0 Å². The fourth-order valence-electron chi connectivity index (χ4n) is 3.75. The Balaban J connectivity index is 1.26. The molecule has 1 aliphatic rings. The Morgan fingerprint density at radius 1 is 1.00 bits per heavy atom. The highest BCUT2D eigenvalue weighted by molar-refractivity contribution is 7.99. The van der Waals surface area contributed by atoms with Gasteiger partial charge in [-0.25, -0.2) is 0 Å². The van der Waals surface area contributed by atoms with Crippen molar-refractivity contribution in [2.75, 3.05) is 43.8 Å². The molecule has 4 rings (SSSR count). The Morgan fingerprint density at radius 2 is 1.69 bits per heavy atom. The van der Waals surface area contributed by atoms with Gasteiger partial charge in [-0.1, -0.05) is 48.5 Å². The lowest BCUT2D eigenvalue weighted by molar-refractivity contribution is -0.113. The molecule has 168 valence electrons. The first-order valence-electron chi connectivity index (χ1n) is 11.0. The maximum absolute atomic E-state index is 12.5. The van der Waals surface area contributed by atoms with Crippen LogP contribution in [0.3, 0.4) is 0 Å². The molecule has 3 aromatic rings. The van der Waals surface area contributed by atoms with Gasteiger partial charge in [0.1, 0.15) is 6.33 Å². The molecule has 1 fully saturated rings. The molecule has 1 aromatic heterocycles. The SMILES string of the molecule is CCN1CCN(Cc2ccc(NC(=O)CSc3nncn3-c3ccc(C)cc3)cc2)CC1. The number of benzene rings is 2. The summed E-state index contributed by atoms with van der Waals surface area (Å²) in [6.07, 6.45) is 1.67. The Bertz CT molecular complexity index is 1010. The van der Waals surface area contributed by atoms with Gasteiger partial charge in [0, 0.05) is 44.1 Å². The number of likely N-dealkylation sites (N-methyl/N-ethyl adjacent to an activating group) is 1. The number of hydrogen-bond acceptors (Lipinski definition) is 6. The Labute approximate surface area is 193 Å². The summed E-state index contributed by atoms with van der Waals surface area (Å²) in [7, 11) is 0. The summed E-state index contributed by atoms with van der Waals surface area (Å²) < 4.78 is 1.90. The van der Waals surface area contributed by atoms with E-state index in [0.29, 0.717) is 5.16 Å². The highest BCUT2D eigenvalue weighted by Crippen LogP contribution is 2.20. The van der Waals surface area contributed by atoms with Gasteiger partial charge in [0.25, 0.3) is 0 Å². The highest BCUT2D eigenvalue weighted by atomic mass is 32.2. The number of thioether (sulfide) groups is 1. The van der Waals surface area contributed by atoms with Crippen molar-refractivity contribution in [3.8, 4) is 5.69 Å². The zero-order valence-electron chi connectivity index (χ0n) is 18.7. The zero-order valence-corrected chi connectivity index (χ0v) is 19.5. The van der Waals surface area contributed by atoms with Gasteiger partial charge in [0.15, 0.2) is 5.16 Å². The molecule has 7 nitrogen and oxygen atoms in total. The molecule has 0 saturated carbocycles. The van der Waals surface area contributed by atoms with E-state index in [-0.39, 0.29) is 11.7 Å². The third-order valence-electron chi connectivity index (χ3n) is 5.72. The van der Waals surface area contributed by atoms with Gasteiger partial charge < -0.3 is 10.2 Å². The molecular weight excluding hydrogens is 420 g/mol. The number of carbonyl (C=O) groups excluding carboxylic acids is 1. The number of amides is 1. The number of piperazine rings is 1. The Hall–Kier alpha value is -2.68. The van der Waals surface area contributed by atoms with Crippen LogP contribution in [0.25, 0.3) is 5.69 Å². The van der Waals surface area contributed by atoms with Crippen LogP contribution in [0, 0.1) is 6.92 Å². The van der Waals surface area contributed by atoms with Crippen molar-refractivity contribution < 1.29 is 4.79 Å². The fourth-order valence-corrected chi connectivity index (χ4v) is 4.48. The van der Waals surface area contributed by atoms with Crippen molar-refractivity contribution in [2.45, 2.75) is 25.5 Å². The van der Waals surface area contributed by atoms with Crippen LogP contribution in [0.4, 0.5) is 5.69 Å². The summed E-state index contributed by atoms with van der Waals surface area (Å²) in [6, 6.07) is 16.3. The van der Waals surface area contributed by atoms with Crippen molar-refractivity contribution in [3.63, 3.8) is 0 Å². The third-order valence-corrected chi connectivity index (χ3v) is 6.66. The number of nitrogens with zero attached hydrogens (tertiary/aromatic N) is 5. The predicted octanol–water partition coefficient (Wildman–Crippen LogP) is 3.44. The first kappa shape index (κ1) is 22.5. The molecule has 0 bridgehead atoms. The van der Waals surface area contributed by atoms with E-state index in [2.05, 4.69) is 51.3 Å². The van der Waals surface area contributed by atoms with Gasteiger partial charge in [0.2, 0.25) is 5.91 Å². The summed E-state index contributed by atoms with van der Waals surface area (Å²) in [5.41, 5.74) is 4.26. The summed E-state index contributed by atoms with van der Waals surface area (Å²) in [5.74, 6) is 0.213. The summed E-state index contributed by atoms with van der Waals surface area (Å²) in [5, 5.41) is 11.8. The van der Waals surface area contributed by atoms with E-state index in [1.807, 2.05) is 41.0 Å². The molecule has 2 aromatic carbocycles. The van der Waals surface area contributed by atoms with Crippen LogP contribution in [0.2, 0.25) is 0 Å². The van der Waals surface area contributed by atoms with E-state index >= 15 is 0 Å². The maximum atomic E-state index is 12.5. The largest absolute Gasteiger partial charge is 0.325 e.